The number of carbonyl (C=O) groups is 2. The summed E-state index contributed by atoms with van der Waals surface area (Å²) < 4.78 is 1.74. The van der Waals surface area contributed by atoms with Crippen LogP contribution < -0.4 is 10.2 Å². The van der Waals surface area contributed by atoms with Gasteiger partial charge in [-0.25, -0.2) is 0 Å². The first-order valence-corrected chi connectivity index (χ1v) is 9.99. The number of hydrogen-bond acceptors (Lipinski definition) is 4. The number of benzene rings is 1. The number of nitrogens with zero attached hydrogens (tertiary/aromatic N) is 4. The van der Waals surface area contributed by atoms with E-state index >= 15 is 0 Å². The minimum atomic E-state index is -0.353. The Bertz CT molecular complexity index is 1100. The number of carbonyl (C=O) groups excluding carboxylic acids is 2. The standard InChI is InChI=1S/C23H25N5O2/c1-15-4-5-21(6-16(15)2)28-14-19(8-22(28)29)23(30)25-10-17-7-18(11-24-9-17)20-12-26-27(3)13-20/h4-7,9,11-13,19H,8,10,14H2,1-3H3,(H,25,30)/t19-/m0/s1. The van der Waals surface area contributed by atoms with Gasteiger partial charge in [-0.2, -0.15) is 5.10 Å². The Hall–Kier alpha value is -3.48. The van der Waals surface area contributed by atoms with Crippen LogP contribution in [0, 0.1) is 19.8 Å². The number of aromatic nitrogens is 3. The van der Waals surface area contributed by atoms with Crippen molar-refractivity contribution in [2.75, 3.05) is 11.4 Å². The van der Waals surface area contributed by atoms with Crippen LogP contribution in [-0.2, 0) is 23.2 Å². The number of nitrogens with one attached hydrogen (secondary N) is 1. The van der Waals surface area contributed by atoms with Gasteiger partial charge in [0, 0.05) is 62.0 Å². The van der Waals surface area contributed by atoms with Crippen molar-refractivity contribution in [3.8, 4) is 11.1 Å². The Morgan fingerprint density at radius 2 is 1.97 bits per heavy atom. The lowest BCUT2D eigenvalue weighted by molar-refractivity contribution is -0.126. The van der Waals surface area contributed by atoms with E-state index in [1.54, 1.807) is 28.2 Å². The second-order valence-corrected chi connectivity index (χ2v) is 7.88. The van der Waals surface area contributed by atoms with Crippen molar-refractivity contribution < 1.29 is 9.59 Å². The van der Waals surface area contributed by atoms with E-state index in [2.05, 4.69) is 15.4 Å². The van der Waals surface area contributed by atoms with Gasteiger partial charge in [0.05, 0.1) is 12.1 Å². The van der Waals surface area contributed by atoms with Gasteiger partial charge < -0.3 is 10.2 Å². The molecule has 0 unspecified atom stereocenters. The lowest BCUT2D eigenvalue weighted by Gasteiger charge is -2.18. The van der Waals surface area contributed by atoms with Gasteiger partial charge in [0.2, 0.25) is 11.8 Å². The molecule has 0 bridgehead atoms. The smallest absolute Gasteiger partial charge is 0.227 e. The number of hydrogen-bond donors (Lipinski definition) is 1. The molecule has 3 aromatic rings. The predicted octanol–water partition coefficient (Wildman–Crippen LogP) is 2.77. The number of rotatable bonds is 5. The molecule has 154 valence electrons. The first kappa shape index (κ1) is 19.8. The molecule has 1 fully saturated rings. The van der Waals surface area contributed by atoms with E-state index in [0.29, 0.717) is 13.1 Å². The molecular formula is C23H25N5O2. The zero-order valence-corrected chi connectivity index (χ0v) is 17.4. The van der Waals surface area contributed by atoms with Crippen LogP contribution in [0.3, 0.4) is 0 Å². The summed E-state index contributed by atoms with van der Waals surface area (Å²) in [4.78, 5) is 31.2. The summed E-state index contributed by atoms with van der Waals surface area (Å²) in [5.41, 5.74) is 6.00. The maximum absolute atomic E-state index is 12.7. The molecule has 1 N–H and O–H groups in total. The van der Waals surface area contributed by atoms with Gasteiger partial charge >= 0.3 is 0 Å². The van der Waals surface area contributed by atoms with Crippen molar-refractivity contribution in [1.29, 1.82) is 0 Å². The molecule has 0 spiro atoms. The van der Waals surface area contributed by atoms with Crippen LogP contribution in [0.15, 0.2) is 49.1 Å². The fourth-order valence-electron chi connectivity index (χ4n) is 3.67. The molecule has 30 heavy (non-hydrogen) atoms. The van der Waals surface area contributed by atoms with Crippen LogP contribution >= 0.6 is 0 Å². The van der Waals surface area contributed by atoms with Gasteiger partial charge in [-0.15, -0.1) is 0 Å². The van der Waals surface area contributed by atoms with Gasteiger partial charge in [0.25, 0.3) is 0 Å². The topological polar surface area (TPSA) is 80.1 Å². The minimum Gasteiger partial charge on any atom is -0.352 e. The number of anilines is 1. The van der Waals surface area contributed by atoms with E-state index in [1.807, 2.05) is 51.4 Å². The average Bonchev–Trinajstić information content (AvgIpc) is 3.34. The molecule has 0 radical (unpaired) electrons. The third-order valence-electron chi connectivity index (χ3n) is 5.60. The Balaban J connectivity index is 1.39. The van der Waals surface area contributed by atoms with E-state index in [0.717, 1.165) is 27.9 Å². The van der Waals surface area contributed by atoms with Crippen LogP contribution in [0.1, 0.15) is 23.1 Å². The third kappa shape index (κ3) is 4.10. The summed E-state index contributed by atoms with van der Waals surface area (Å²) in [5.74, 6) is -0.478. The molecule has 7 heteroatoms. The maximum Gasteiger partial charge on any atom is 0.227 e. The fraction of sp³-hybridized carbons (Fsp3) is 0.304. The van der Waals surface area contributed by atoms with Crippen molar-refractivity contribution in [3.63, 3.8) is 0 Å². The van der Waals surface area contributed by atoms with Crippen LogP contribution in [0.5, 0.6) is 0 Å². The van der Waals surface area contributed by atoms with Crippen LogP contribution in [0.4, 0.5) is 5.69 Å². The van der Waals surface area contributed by atoms with E-state index in [1.165, 1.54) is 5.56 Å². The second-order valence-electron chi connectivity index (χ2n) is 7.88. The Morgan fingerprint density at radius 1 is 1.13 bits per heavy atom. The molecule has 1 aliphatic rings. The zero-order chi connectivity index (χ0) is 21.3. The van der Waals surface area contributed by atoms with Gasteiger partial charge in [0.1, 0.15) is 0 Å². The van der Waals surface area contributed by atoms with Crippen LogP contribution in [0.2, 0.25) is 0 Å². The van der Waals surface area contributed by atoms with E-state index in [-0.39, 0.29) is 24.2 Å². The van der Waals surface area contributed by atoms with Crippen molar-refractivity contribution >= 4 is 17.5 Å². The third-order valence-corrected chi connectivity index (χ3v) is 5.60. The molecular weight excluding hydrogens is 378 g/mol. The molecule has 7 nitrogen and oxygen atoms in total. The molecule has 1 aliphatic heterocycles. The second kappa shape index (κ2) is 8.10. The Labute approximate surface area is 175 Å². The first-order chi connectivity index (χ1) is 14.4. The highest BCUT2D eigenvalue weighted by molar-refractivity contribution is 6.00. The zero-order valence-electron chi connectivity index (χ0n) is 17.4. The van der Waals surface area contributed by atoms with Crippen LogP contribution in [0.25, 0.3) is 11.1 Å². The molecule has 2 aromatic heterocycles. The Kier molecular flexibility index (Phi) is 5.35. The summed E-state index contributed by atoms with van der Waals surface area (Å²) in [7, 11) is 1.87. The summed E-state index contributed by atoms with van der Waals surface area (Å²) in [6.45, 7) is 4.84. The first-order valence-electron chi connectivity index (χ1n) is 9.99. The number of pyridine rings is 1. The normalized spacial score (nSPS) is 16.2. The lowest BCUT2D eigenvalue weighted by Crippen LogP contribution is -2.32. The molecule has 1 saturated heterocycles. The largest absolute Gasteiger partial charge is 0.352 e. The van der Waals surface area contributed by atoms with Crippen molar-refractivity contribution in [2.24, 2.45) is 13.0 Å². The molecule has 2 amide bonds. The highest BCUT2D eigenvalue weighted by Gasteiger charge is 2.35. The summed E-state index contributed by atoms with van der Waals surface area (Å²) >= 11 is 0. The van der Waals surface area contributed by atoms with Gasteiger partial charge in [-0.1, -0.05) is 6.07 Å². The van der Waals surface area contributed by atoms with Gasteiger partial charge in [0.15, 0.2) is 0 Å². The van der Waals surface area contributed by atoms with Gasteiger partial charge in [-0.3, -0.25) is 19.3 Å². The van der Waals surface area contributed by atoms with Crippen molar-refractivity contribution in [2.45, 2.75) is 26.8 Å². The highest BCUT2D eigenvalue weighted by atomic mass is 16.2. The highest BCUT2D eigenvalue weighted by Crippen LogP contribution is 2.27. The van der Waals surface area contributed by atoms with Gasteiger partial charge in [-0.05, 0) is 48.7 Å². The SMILES string of the molecule is Cc1ccc(N2C[C@@H](C(=O)NCc3cncc(-c4cnn(C)c4)c3)CC2=O)cc1C. The van der Waals surface area contributed by atoms with Crippen molar-refractivity contribution in [3.05, 3.63) is 65.7 Å². The quantitative estimate of drug-likeness (QED) is 0.710. The lowest BCUT2D eigenvalue weighted by atomic mass is 10.1. The molecule has 0 saturated carbocycles. The summed E-state index contributed by atoms with van der Waals surface area (Å²) in [6.07, 6.45) is 7.45. The monoisotopic (exact) mass is 403 g/mol. The fourth-order valence-corrected chi connectivity index (χ4v) is 3.67. The minimum absolute atomic E-state index is 0.0151. The average molecular weight is 403 g/mol. The Morgan fingerprint density at radius 3 is 2.70 bits per heavy atom. The summed E-state index contributed by atoms with van der Waals surface area (Å²) in [5, 5.41) is 7.14. The number of amides is 2. The predicted molar refractivity (Wildman–Crippen MR) is 115 cm³/mol. The molecule has 1 aromatic carbocycles. The number of aryl methyl sites for hydroxylation is 3. The molecule has 3 heterocycles. The molecule has 4 rings (SSSR count). The summed E-state index contributed by atoms with van der Waals surface area (Å²) in [6, 6.07) is 7.94. The van der Waals surface area contributed by atoms with E-state index in [4.69, 9.17) is 0 Å². The molecule has 1 atom stereocenters. The van der Waals surface area contributed by atoms with Crippen LogP contribution in [-0.4, -0.2) is 33.1 Å². The van der Waals surface area contributed by atoms with E-state index < -0.39 is 0 Å². The van der Waals surface area contributed by atoms with Crippen molar-refractivity contribution in [1.82, 2.24) is 20.1 Å². The molecule has 0 aliphatic carbocycles. The maximum atomic E-state index is 12.7. The van der Waals surface area contributed by atoms with E-state index in [9.17, 15) is 9.59 Å².